The van der Waals surface area contributed by atoms with Crippen LogP contribution < -0.4 is 10.1 Å². The molecule has 0 aliphatic heterocycles. The van der Waals surface area contributed by atoms with Crippen molar-refractivity contribution in [2.75, 3.05) is 7.11 Å². The van der Waals surface area contributed by atoms with Crippen molar-refractivity contribution >= 4 is 0 Å². The summed E-state index contributed by atoms with van der Waals surface area (Å²) in [7, 11) is 1.69. The van der Waals surface area contributed by atoms with Crippen LogP contribution in [0.15, 0.2) is 42.7 Å². The highest BCUT2D eigenvalue weighted by Gasteiger charge is 1.97. The Morgan fingerprint density at radius 2 is 1.78 bits per heavy atom. The molecule has 0 bridgehead atoms. The summed E-state index contributed by atoms with van der Waals surface area (Å²) < 4.78 is 7.32. The van der Waals surface area contributed by atoms with Gasteiger partial charge in [-0.2, -0.15) is 0 Å². The van der Waals surface area contributed by atoms with Gasteiger partial charge in [-0.15, -0.1) is 0 Å². The van der Waals surface area contributed by atoms with Crippen LogP contribution >= 0.6 is 0 Å². The molecule has 3 nitrogen and oxygen atoms in total. The number of aromatic nitrogens is 1. The minimum Gasteiger partial charge on any atom is -0.497 e. The van der Waals surface area contributed by atoms with Gasteiger partial charge in [0.15, 0.2) is 0 Å². The van der Waals surface area contributed by atoms with E-state index in [4.69, 9.17) is 4.74 Å². The van der Waals surface area contributed by atoms with Crippen LogP contribution in [0.4, 0.5) is 0 Å². The first kappa shape index (κ1) is 12.7. The Morgan fingerprint density at radius 3 is 2.39 bits per heavy atom. The lowest BCUT2D eigenvalue weighted by Gasteiger charge is -2.05. The van der Waals surface area contributed by atoms with Crippen LogP contribution in [0.5, 0.6) is 5.75 Å². The molecule has 0 amide bonds. The predicted molar refractivity (Wildman–Crippen MR) is 73.6 cm³/mol. The number of hydrogen-bond acceptors (Lipinski definition) is 2. The van der Waals surface area contributed by atoms with E-state index in [1.165, 1.54) is 11.1 Å². The molecule has 0 aliphatic carbocycles. The molecule has 1 aromatic carbocycles. The van der Waals surface area contributed by atoms with Crippen LogP contribution in [0.3, 0.4) is 0 Å². The molecule has 1 heterocycles. The zero-order valence-corrected chi connectivity index (χ0v) is 11.0. The van der Waals surface area contributed by atoms with Gasteiger partial charge in [-0.1, -0.05) is 12.1 Å². The average molecular weight is 244 g/mol. The van der Waals surface area contributed by atoms with E-state index >= 15 is 0 Å². The lowest BCUT2D eigenvalue weighted by atomic mass is 10.2. The molecule has 2 rings (SSSR count). The first-order valence-electron chi connectivity index (χ1n) is 6.30. The van der Waals surface area contributed by atoms with Gasteiger partial charge in [0.1, 0.15) is 5.75 Å². The molecule has 96 valence electrons. The maximum absolute atomic E-state index is 5.13. The van der Waals surface area contributed by atoms with E-state index in [0.29, 0.717) is 0 Å². The van der Waals surface area contributed by atoms with E-state index in [0.717, 1.165) is 25.4 Å². The minimum absolute atomic E-state index is 0.876. The summed E-state index contributed by atoms with van der Waals surface area (Å²) in [6.07, 6.45) is 4.30. The molecular formula is C15H20N2O. The number of methoxy groups -OCH3 is 1. The second-order valence-corrected chi connectivity index (χ2v) is 4.30. The highest BCUT2D eigenvalue weighted by Crippen LogP contribution is 2.11. The normalized spacial score (nSPS) is 10.6. The number of aryl methyl sites for hydroxylation is 1. The van der Waals surface area contributed by atoms with Crippen molar-refractivity contribution in [1.29, 1.82) is 0 Å². The zero-order chi connectivity index (χ0) is 12.8. The highest BCUT2D eigenvalue weighted by molar-refractivity contribution is 5.27. The predicted octanol–water partition coefficient (Wildman–Crippen LogP) is 2.81. The Kier molecular flexibility index (Phi) is 4.42. The number of benzene rings is 1. The number of rotatable bonds is 6. The monoisotopic (exact) mass is 244 g/mol. The van der Waals surface area contributed by atoms with Crippen LogP contribution in [0.1, 0.15) is 18.1 Å². The van der Waals surface area contributed by atoms with Gasteiger partial charge >= 0.3 is 0 Å². The van der Waals surface area contributed by atoms with Crippen molar-refractivity contribution in [3.05, 3.63) is 53.9 Å². The van der Waals surface area contributed by atoms with Crippen LogP contribution in [0.25, 0.3) is 0 Å². The summed E-state index contributed by atoms with van der Waals surface area (Å²) in [6, 6.07) is 10.3. The fourth-order valence-electron chi connectivity index (χ4n) is 1.89. The molecular weight excluding hydrogens is 224 g/mol. The maximum atomic E-state index is 5.13. The van der Waals surface area contributed by atoms with Crippen molar-refractivity contribution in [3.63, 3.8) is 0 Å². The van der Waals surface area contributed by atoms with Gasteiger partial charge in [0.25, 0.3) is 0 Å². The second-order valence-electron chi connectivity index (χ2n) is 4.30. The van der Waals surface area contributed by atoms with Gasteiger partial charge in [0, 0.05) is 32.0 Å². The molecule has 0 fully saturated rings. The van der Waals surface area contributed by atoms with Crippen LogP contribution in [-0.4, -0.2) is 11.7 Å². The lowest BCUT2D eigenvalue weighted by Crippen LogP contribution is -2.12. The smallest absolute Gasteiger partial charge is 0.118 e. The molecule has 0 radical (unpaired) electrons. The summed E-state index contributed by atoms with van der Waals surface area (Å²) in [4.78, 5) is 0. The van der Waals surface area contributed by atoms with Crippen molar-refractivity contribution in [2.45, 2.75) is 26.6 Å². The first-order valence-corrected chi connectivity index (χ1v) is 6.30. The topological polar surface area (TPSA) is 26.2 Å². The van der Waals surface area contributed by atoms with Crippen LogP contribution in [0, 0.1) is 0 Å². The van der Waals surface area contributed by atoms with Crippen molar-refractivity contribution < 1.29 is 4.74 Å². The zero-order valence-electron chi connectivity index (χ0n) is 11.0. The minimum atomic E-state index is 0.876. The fraction of sp³-hybridized carbons (Fsp3) is 0.333. The molecule has 1 aromatic heterocycles. The largest absolute Gasteiger partial charge is 0.497 e. The lowest BCUT2D eigenvalue weighted by molar-refractivity contribution is 0.414. The van der Waals surface area contributed by atoms with Gasteiger partial charge in [-0.05, 0) is 36.2 Å². The Morgan fingerprint density at radius 1 is 1.06 bits per heavy atom. The summed E-state index contributed by atoms with van der Waals surface area (Å²) in [5.41, 5.74) is 2.59. The molecule has 3 heteroatoms. The molecule has 1 N–H and O–H groups in total. The summed E-state index contributed by atoms with van der Waals surface area (Å²) in [5.74, 6) is 0.902. The van der Waals surface area contributed by atoms with Gasteiger partial charge in [-0.3, -0.25) is 0 Å². The molecule has 0 spiro atoms. The second kappa shape index (κ2) is 6.26. The van der Waals surface area contributed by atoms with E-state index < -0.39 is 0 Å². The molecule has 0 saturated heterocycles. The first-order chi connectivity index (χ1) is 8.81. The molecule has 0 saturated carbocycles. The maximum Gasteiger partial charge on any atom is 0.118 e. The van der Waals surface area contributed by atoms with Gasteiger partial charge in [0.05, 0.1) is 7.11 Å². The molecule has 0 atom stereocenters. The Balaban J connectivity index is 1.80. The number of nitrogens with one attached hydrogen (secondary N) is 1. The molecule has 18 heavy (non-hydrogen) atoms. The standard InChI is InChI=1S/C15H20N2O/c1-3-17-9-8-14(12-17)11-16-10-13-4-6-15(18-2)7-5-13/h4-9,12,16H,3,10-11H2,1-2H3. The van der Waals surface area contributed by atoms with Crippen LogP contribution in [-0.2, 0) is 19.6 Å². The van der Waals surface area contributed by atoms with Gasteiger partial charge in [-0.25, -0.2) is 0 Å². The summed E-state index contributed by atoms with van der Waals surface area (Å²) in [6.45, 7) is 4.95. The Bertz CT molecular complexity index is 473. The SMILES string of the molecule is CCn1ccc(CNCc2ccc(OC)cc2)c1. The Hall–Kier alpha value is -1.74. The van der Waals surface area contributed by atoms with Gasteiger partial charge < -0.3 is 14.6 Å². The van der Waals surface area contributed by atoms with E-state index in [9.17, 15) is 0 Å². The van der Waals surface area contributed by atoms with Crippen molar-refractivity contribution in [3.8, 4) is 5.75 Å². The summed E-state index contributed by atoms with van der Waals surface area (Å²) in [5, 5.41) is 3.44. The van der Waals surface area contributed by atoms with E-state index in [2.05, 4.69) is 47.4 Å². The van der Waals surface area contributed by atoms with Crippen molar-refractivity contribution in [2.24, 2.45) is 0 Å². The number of ether oxygens (including phenoxy) is 1. The molecule has 0 unspecified atom stereocenters. The third kappa shape index (κ3) is 3.37. The van der Waals surface area contributed by atoms with Crippen LogP contribution in [0.2, 0.25) is 0 Å². The quantitative estimate of drug-likeness (QED) is 0.845. The van der Waals surface area contributed by atoms with E-state index in [1.54, 1.807) is 7.11 Å². The van der Waals surface area contributed by atoms with Crippen molar-refractivity contribution in [1.82, 2.24) is 9.88 Å². The Labute approximate surface area is 108 Å². The number of nitrogens with zero attached hydrogens (tertiary/aromatic N) is 1. The third-order valence-corrected chi connectivity index (χ3v) is 2.99. The van der Waals surface area contributed by atoms with E-state index in [-0.39, 0.29) is 0 Å². The highest BCUT2D eigenvalue weighted by atomic mass is 16.5. The molecule has 2 aromatic rings. The average Bonchev–Trinajstić information content (AvgIpc) is 2.87. The molecule has 0 aliphatic rings. The fourth-order valence-corrected chi connectivity index (χ4v) is 1.89. The third-order valence-electron chi connectivity index (χ3n) is 2.99. The van der Waals surface area contributed by atoms with Gasteiger partial charge in [0.2, 0.25) is 0 Å². The summed E-state index contributed by atoms with van der Waals surface area (Å²) >= 11 is 0. The van der Waals surface area contributed by atoms with E-state index in [1.807, 2.05) is 12.1 Å². The number of hydrogen-bond donors (Lipinski definition) is 1.